The Bertz CT molecular complexity index is 522. The Labute approximate surface area is 85.8 Å². The molecule has 0 aromatic carbocycles. The van der Waals surface area contributed by atoms with E-state index in [4.69, 9.17) is 5.73 Å². The zero-order valence-electron chi connectivity index (χ0n) is 6.72. The van der Waals surface area contributed by atoms with Gasteiger partial charge in [-0.15, -0.1) is 5.10 Å². The molecule has 0 saturated heterocycles. The lowest BCUT2D eigenvalue weighted by Gasteiger charge is -1.95. The molecule has 0 bridgehead atoms. The summed E-state index contributed by atoms with van der Waals surface area (Å²) in [5.74, 6) is 0.000000000000000222. The molecular weight excluding hydrogens is 254 g/mol. The second-order valence-electron chi connectivity index (χ2n) is 2.50. The molecule has 0 radical (unpaired) electrons. The largest absolute Gasteiger partial charge is 0.366 e. The predicted octanol–water partition coefficient (Wildman–Crippen LogP) is 0.982. The Morgan fingerprint density at radius 3 is 2.93 bits per heavy atom. The third-order valence-corrected chi connectivity index (χ3v) is 2.23. The number of pyridine rings is 1. The molecule has 0 fully saturated rings. The maximum Gasteiger partial charge on any atom is 0.313 e. The van der Waals surface area contributed by atoms with Crippen LogP contribution in [0.25, 0.3) is 5.65 Å². The van der Waals surface area contributed by atoms with Gasteiger partial charge in [-0.3, -0.25) is 10.1 Å². The molecule has 7 nitrogen and oxygen atoms in total. The number of hydrogen-bond donors (Lipinski definition) is 1. The van der Waals surface area contributed by atoms with Crippen LogP contribution in [0.1, 0.15) is 0 Å². The highest BCUT2D eigenvalue weighted by atomic mass is 79.9. The SMILES string of the molecule is Nc1nc2c([N+](=O)[O-])ccc(Br)n2n1. The number of nitrogens with two attached hydrogens (primary N) is 1. The summed E-state index contributed by atoms with van der Waals surface area (Å²) < 4.78 is 1.83. The second-order valence-corrected chi connectivity index (χ2v) is 3.32. The summed E-state index contributed by atoms with van der Waals surface area (Å²) in [5.41, 5.74) is 5.34. The molecule has 0 aliphatic rings. The normalized spacial score (nSPS) is 10.6. The first-order valence-electron chi connectivity index (χ1n) is 3.55. The van der Waals surface area contributed by atoms with E-state index in [-0.39, 0.29) is 17.3 Å². The molecule has 2 aromatic heterocycles. The Hall–Kier alpha value is -1.70. The van der Waals surface area contributed by atoms with Crippen molar-refractivity contribution in [3.63, 3.8) is 0 Å². The summed E-state index contributed by atoms with van der Waals surface area (Å²) in [4.78, 5) is 13.8. The molecule has 0 saturated carbocycles. The van der Waals surface area contributed by atoms with Crippen LogP contribution in [0.5, 0.6) is 0 Å². The third-order valence-electron chi connectivity index (χ3n) is 1.63. The summed E-state index contributed by atoms with van der Waals surface area (Å²) in [7, 11) is 0. The van der Waals surface area contributed by atoms with Crippen LogP contribution in [0.3, 0.4) is 0 Å². The molecule has 0 aliphatic carbocycles. The Balaban J connectivity index is 2.87. The molecule has 0 unspecified atom stereocenters. The van der Waals surface area contributed by atoms with Crippen molar-refractivity contribution in [1.82, 2.24) is 14.6 Å². The quantitative estimate of drug-likeness (QED) is 0.467. The van der Waals surface area contributed by atoms with Crippen LogP contribution in [0.4, 0.5) is 11.6 Å². The van der Waals surface area contributed by atoms with Gasteiger partial charge in [0.15, 0.2) is 0 Å². The molecule has 0 aliphatic heterocycles. The number of rotatable bonds is 1. The Kier molecular flexibility index (Phi) is 1.84. The van der Waals surface area contributed by atoms with Crippen molar-refractivity contribution in [1.29, 1.82) is 0 Å². The van der Waals surface area contributed by atoms with Gasteiger partial charge in [-0.1, -0.05) is 0 Å². The van der Waals surface area contributed by atoms with E-state index in [1.807, 2.05) is 0 Å². The lowest BCUT2D eigenvalue weighted by molar-refractivity contribution is -0.383. The van der Waals surface area contributed by atoms with Crippen molar-refractivity contribution >= 4 is 33.2 Å². The molecule has 2 rings (SSSR count). The van der Waals surface area contributed by atoms with Gasteiger partial charge in [0.2, 0.25) is 11.6 Å². The molecule has 8 heteroatoms. The number of aromatic nitrogens is 3. The Morgan fingerprint density at radius 1 is 1.57 bits per heavy atom. The van der Waals surface area contributed by atoms with Crippen LogP contribution in [0.2, 0.25) is 0 Å². The van der Waals surface area contributed by atoms with E-state index in [1.54, 1.807) is 0 Å². The Morgan fingerprint density at radius 2 is 2.29 bits per heavy atom. The van der Waals surface area contributed by atoms with Crippen LogP contribution < -0.4 is 5.73 Å². The fraction of sp³-hybridized carbons (Fsp3) is 0. The maximum atomic E-state index is 10.6. The minimum atomic E-state index is -0.532. The fourth-order valence-corrected chi connectivity index (χ4v) is 1.46. The monoisotopic (exact) mass is 257 g/mol. The first kappa shape index (κ1) is 8.88. The second kappa shape index (κ2) is 2.91. The minimum absolute atomic E-state index is 0.000000000000000222. The van der Waals surface area contributed by atoms with Crippen molar-refractivity contribution in [2.75, 3.05) is 5.73 Å². The van der Waals surface area contributed by atoms with E-state index in [9.17, 15) is 10.1 Å². The van der Waals surface area contributed by atoms with Gasteiger partial charge in [0.25, 0.3) is 0 Å². The van der Waals surface area contributed by atoms with Gasteiger partial charge in [-0.2, -0.15) is 9.50 Å². The summed E-state index contributed by atoms with van der Waals surface area (Å²) in [6.07, 6.45) is 0. The number of anilines is 1. The van der Waals surface area contributed by atoms with Gasteiger partial charge in [-0.05, 0) is 22.0 Å². The highest BCUT2D eigenvalue weighted by Crippen LogP contribution is 2.22. The van der Waals surface area contributed by atoms with Crippen molar-refractivity contribution in [2.24, 2.45) is 0 Å². The number of fused-ring (bicyclic) bond motifs is 1. The van der Waals surface area contributed by atoms with Crippen molar-refractivity contribution in [3.05, 3.63) is 26.9 Å². The van der Waals surface area contributed by atoms with E-state index in [0.717, 1.165) is 0 Å². The number of halogens is 1. The zero-order chi connectivity index (χ0) is 10.3. The molecule has 2 heterocycles. The van der Waals surface area contributed by atoms with Crippen LogP contribution >= 0.6 is 15.9 Å². The van der Waals surface area contributed by atoms with Gasteiger partial charge < -0.3 is 5.73 Å². The van der Waals surface area contributed by atoms with E-state index in [0.29, 0.717) is 4.60 Å². The average Bonchev–Trinajstić information content (AvgIpc) is 2.47. The van der Waals surface area contributed by atoms with Gasteiger partial charge in [-0.25, -0.2) is 0 Å². The van der Waals surface area contributed by atoms with E-state index >= 15 is 0 Å². The third kappa shape index (κ3) is 1.20. The fourth-order valence-electron chi connectivity index (χ4n) is 1.08. The first-order chi connectivity index (χ1) is 6.59. The average molecular weight is 258 g/mol. The molecule has 14 heavy (non-hydrogen) atoms. The first-order valence-corrected chi connectivity index (χ1v) is 4.34. The van der Waals surface area contributed by atoms with E-state index in [1.165, 1.54) is 16.6 Å². The number of nitro groups is 1. The predicted molar refractivity (Wildman–Crippen MR) is 51.8 cm³/mol. The zero-order valence-corrected chi connectivity index (χ0v) is 8.30. The number of nitrogen functional groups attached to an aromatic ring is 1. The standard InChI is InChI=1S/C6H4BrN5O2/c7-4-2-1-3(12(13)14)5-9-6(8)10-11(4)5/h1-2H,(H2,8,10). The van der Waals surface area contributed by atoms with Crippen LogP contribution in [0.15, 0.2) is 16.7 Å². The van der Waals surface area contributed by atoms with Crippen molar-refractivity contribution in [3.8, 4) is 0 Å². The van der Waals surface area contributed by atoms with Crippen LogP contribution in [-0.4, -0.2) is 19.5 Å². The summed E-state index contributed by atoms with van der Waals surface area (Å²) >= 11 is 3.18. The number of nitrogens with zero attached hydrogens (tertiary/aromatic N) is 4. The lowest BCUT2D eigenvalue weighted by Crippen LogP contribution is -1.96. The van der Waals surface area contributed by atoms with Crippen molar-refractivity contribution in [2.45, 2.75) is 0 Å². The van der Waals surface area contributed by atoms with Gasteiger partial charge >= 0.3 is 5.69 Å². The van der Waals surface area contributed by atoms with Gasteiger partial charge in [0, 0.05) is 6.07 Å². The smallest absolute Gasteiger partial charge is 0.313 e. The summed E-state index contributed by atoms with van der Waals surface area (Å²) in [5, 5.41) is 14.4. The number of hydrogen-bond acceptors (Lipinski definition) is 5. The van der Waals surface area contributed by atoms with E-state index in [2.05, 4.69) is 26.0 Å². The minimum Gasteiger partial charge on any atom is -0.366 e. The summed E-state index contributed by atoms with van der Waals surface area (Å²) in [6, 6.07) is 2.85. The molecule has 0 atom stereocenters. The highest BCUT2D eigenvalue weighted by Gasteiger charge is 2.17. The van der Waals surface area contributed by atoms with Gasteiger partial charge in [0.05, 0.1) is 4.92 Å². The molecule has 0 spiro atoms. The lowest BCUT2D eigenvalue weighted by atomic mass is 10.4. The van der Waals surface area contributed by atoms with Crippen molar-refractivity contribution < 1.29 is 4.92 Å². The summed E-state index contributed by atoms with van der Waals surface area (Å²) in [6.45, 7) is 0. The molecular formula is C6H4BrN5O2. The van der Waals surface area contributed by atoms with E-state index < -0.39 is 4.92 Å². The maximum absolute atomic E-state index is 10.6. The molecule has 2 aromatic rings. The highest BCUT2D eigenvalue weighted by molar-refractivity contribution is 9.10. The molecule has 2 N–H and O–H groups in total. The topological polar surface area (TPSA) is 99.3 Å². The van der Waals surface area contributed by atoms with Crippen LogP contribution in [-0.2, 0) is 0 Å². The molecule has 0 amide bonds. The van der Waals surface area contributed by atoms with Gasteiger partial charge in [0.1, 0.15) is 4.60 Å². The molecule has 72 valence electrons. The van der Waals surface area contributed by atoms with Crippen LogP contribution in [0, 0.1) is 10.1 Å².